The Labute approximate surface area is 149 Å². The number of amides is 2. The topological polar surface area (TPSA) is 84.7 Å². The van der Waals surface area contributed by atoms with Crippen molar-refractivity contribution in [1.82, 2.24) is 10.3 Å². The van der Waals surface area contributed by atoms with Crippen molar-refractivity contribution in [3.8, 4) is 11.6 Å². The van der Waals surface area contributed by atoms with Crippen LogP contribution in [0.1, 0.15) is 16.1 Å². The molecule has 130 valence electrons. The van der Waals surface area contributed by atoms with Crippen LogP contribution in [0.2, 0.25) is 0 Å². The molecule has 1 aliphatic rings. The van der Waals surface area contributed by atoms with Crippen molar-refractivity contribution >= 4 is 17.5 Å². The molecule has 1 N–H and O–H groups in total. The van der Waals surface area contributed by atoms with Gasteiger partial charge in [0.25, 0.3) is 5.91 Å². The number of benzene rings is 1. The number of anilines is 1. The van der Waals surface area contributed by atoms with Crippen molar-refractivity contribution in [2.45, 2.75) is 6.54 Å². The molecule has 26 heavy (non-hydrogen) atoms. The van der Waals surface area contributed by atoms with E-state index in [2.05, 4.69) is 10.3 Å². The van der Waals surface area contributed by atoms with Crippen molar-refractivity contribution < 1.29 is 18.7 Å². The molecule has 0 unspecified atom stereocenters. The van der Waals surface area contributed by atoms with Gasteiger partial charge in [-0.1, -0.05) is 12.1 Å². The summed E-state index contributed by atoms with van der Waals surface area (Å²) in [4.78, 5) is 30.9. The minimum Gasteiger partial charge on any atom is -0.467 e. The minimum atomic E-state index is -0.341. The molecular formula is C19H15N3O4. The molecule has 7 nitrogen and oxygen atoms in total. The fourth-order valence-corrected chi connectivity index (χ4v) is 2.72. The van der Waals surface area contributed by atoms with Gasteiger partial charge in [0.2, 0.25) is 11.8 Å². The van der Waals surface area contributed by atoms with E-state index in [-0.39, 0.29) is 30.8 Å². The molecule has 0 aliphatic carbocycles. The number of carbonyl (C=O) groups is 2. The lowest BCUT2D eigenvalue weighted by Gasteiger charge is -2.21. The summed E-state index contributed by atoms with van der Waals surface area (Å²) in [7, 11) is 0. The first-order valence-corrected chi connectivity index (χ1v) is 8.05. The zero-order valence-electron chi connectivity index (χ0n) is 13.7. The van der Waals surface area contributed by atoms with Crippen LogP contribution in [-0.4, -0.2) is 23.3 Å². The molecule has 0 saturated carbocycles. The molecule has 0 saturated heterocycles. The van der Waals surface area contributed by atoms with E-state index in [4.69, 9.17) is 9.15 Å². The predicted molar refractivity (Wildman–Crippen MR) is 93.0 cm³/mol. The third kappa shape index (κ3) is 3.02. The summed E-state index contributed by atoms with van der Waals surface area (Å²) >= 11 is 0. The Balaban J connectivity index is 1.61. The van der Waals surface area contributed by atoms with Crippen LogP contribution in [0, 0.1) is 0 Å². The Bertz CT molecular complexity index is 953. The minimum absolute atomic E-state index is 0.145. The highest BCUT2D eigenvalue weighted by atomic mass is 16.5. The second-order valence-electron chi connectivity index (χ2n) is 5.67. The third-order valence-electron chi connectivity index (χ3n) is 3.95. The number of ether oxygens (including phenoxy) is 1. The van der Waals surface area contributed by atoms with Gasteiger partial charge in [-0.05, 0) is 36.4 Å². The van der Waals surface area contributed by atoms with Crippen LogP contribution in [-0.2, 0) is 11.3 Å². The zero-order chi connectivity index (χ0) is 17.9. The van der Waals surface area contributed by atoms with Gasteiger partial charge in [-0.15, -0.1) is 0 Å². The summed E-state index contributed by atoms with van der Waals surface area (Å²) in [6, 6.07) is 13.9. The molecular weight excluding hydrogens is 334 g/mol. The molecule has 7 heteroatoms. The Kier molecular flexibility index (Phi) is 4.10. The first kappa shape index (κ1) is 15.9. The largest absolute Gasteiger partial charge is 0.467 e. The van der Waals surface area contributed by atoms with Gasteiger partial charge in [0, 0.05) is 6.20 Å². The monoisotopic (exact) mass is 349 g/mol. The SMILES string of the molecule is O=C(CN1C(=O)c2cccnc2Oc2ccccc21)NCc1ccco1. The molecule has 0 radical (unpaired) electrons. The molecule has 4 rings (SSSR count). The van der Waals surface area contributed by atoms with Crippen LogP contribution in [0.15, 0.2) is 65.4 Å². The normalized spacial score (nSPS) is 12.6. The van der Waals surface area contributed by atoms with E-state index in [1.54, 1.807) is 54.7 Å². The molecule has 0 spiro atoms. The predicted octanol–water partition coefficient (Wildman–Crippen LogP) is 2.74. The van der Waals surface area contributed by atoms with Gasteiger partial charge < -0.3 is 14.5 Å². The first-order chi connectivity index (χ1) is 12.7. The molecule has 3 aromatic rings. The maximum Gasteiger partial charge on any atom is 0.264 e. The van der Waals surface area contributed by atoms with Gasteiger partial charge in [-0.2, -0.15) is 0 Å². The molecule has 1 aromatic carbocycles. The van der Waals surface area contributed by atoms with Gasteiger partial charge in [0.1, 0.15) is 17.9 Å². The number of fused-ring (bicyclic) bond motifs is 2. The molecule has 3 heterocycles. The van der Waals surface area contributed by atoms with E-state index in [1.807, 2.05) is 0 Å². The Hall–Kier alpha value is -3.61. The maximum atomic E-state index is 13.0. The van der Waals surface area contributed by atoms with Crippen LogP contribution in [0.25, 0.3) is 0 Å². The second-order valence-corrected chi connectivity index (χ2v) is 5.67. The highest BCUT2D eigenvalue weighted by Crippen LogP contribution is 2.37. The molecule has 2 aromatic heterocycles. The summed E-state index contributed by atoms with van der Waals surface area (Å²) in [6.45, 7) is 0.110. The van der Waals surface area contributed by atoms with Crippen LogP contribution >= 0.6 is 0 Å². The van der Waals surface area contributed by atoms with Gasteiger partial charge >= 0.3 is 0 Å². The molecule has 2 amide bonds. The average Bonchev–Trinajstić information content (AvgIpc) is 3.15. The number of carbonyl (C=O) groups excluding carboxylic acids is 2. The fraction of sp³-hybridized carbons (Fsp3) is 0.105. The number of hydrogen-bond donors (Lipinski definition) is 1. The summed E-state index contributed by atoms with van der Waals surface area (Å²) in [5, 5.41) is 2.75. The summed E-state index contributed by atoms with van der Waals surface area (Å²) in [6.07, 6.45) is 3.10. The van der Waals surface area contributed by atoms with E-state index in [9.17, 15) is 9.59 Å². The van der Waals surface area contributed by atoms with E-state index < -0.39 is 0 Å². The number of pyridine rings is 1. The fourth-order valence-electron chi connectivity index (χ4n) is 2.72. The second kappa shape index (κ2) is 6.72. The lowest BCUT2D eigenvalue weighted by Crippen LogP contribution is -2.40. The summed E-state index contributed by atoms with van der Waals surface area (Å²) in [5.41, 5.74) is 0.825. The van der Waals surface area contributed by atoms with Gasteiger partial charge in [0.05, 0.1) is 18.5 Å². The van der Waals surface area contributed by atoms with Crippen molar-refractivity contribution in [3.05, 3.63) is 72.3 Å². The van der Waals surface area contributed by atoms with Crippen molar-refractivity contribution in [2.24, 2.45) is 0 Å². The standard InChI is InChI=1S/C19H15N3O4/c23-17(21-11-13-5-4-10-25-13)12-22-15-7-1-2-8-16(15)26-18-14(19(22)24)6-3-9-20-18/h1-10H,11-12H2,(H,21,23). The van der Waals surface area contributed by atoms with E-state index in [0.717, 1.165) is 0 Å². The number of nitrogens with zero attached hydrogens (tertiary/aromatic N) is 2. The van der Waals surface area contributed by atoms with Crippen LogP contribution < -0.4 is 15.0 Å². The number of aromatic nitrogens is 1. The summed E-state index contributed by atoms with van der Waals surface area (Å²) < 4.78 is 11.0. The van der Waals surface area contributed by atoms with Gasteiger partial charge in [-0.3, -0.25) is 14.5 Å². The van der Waals surface area contributed by atoms with E-state index in [1.165, 1.54) is 11.2 Å². The third-order valence-corrected chi connectivity index (χ3v) is 3.95. The Morgan fingerprint density at radius 3 is 2.85 bits per heavy atom. The van der Waals surface area contributed by atoms with E-state index in [0.29, 0.717) is 22.8 Å². The van der Waals surface area contributed by atoms with Crippen molar-refractivity contribution in [1.29, 1.82) is 0 Å². The lowest BCUT2D eigenvalue weighted by molar-refractivity contribution is -0.119. The highest BCUT2D eigenvalue weighted by molar-refractivity contribution is 6.11. The summed E-state index contributed by atoms with van der Waals surface area (Å²) in [5.74, 6) is 0.683. The number of hydrogen-bond acceptors (Lipinski definition) is 5. The molecule has 0 fully saturated rings. The van der Waals surface area contributed by atoms with Crippen LogP contribution in [0.5, 0.6) is 11.6 Å². The first-order valence-electron chi connectivity index (χ1n) is 8.05. The number of furan rings is 1. The average molecular weight is 349 g/mol. The van der Waals surface area contributed by atoms with E-state index >= 15 is 0 Å². The maximum absolute atomic E-state index is 13.0. The number of para-hydroxylation sites is 2. The number of nitrogens with one attached hydrogen (secondary N) is 1. The Morgan fingerprint density at radius 2 is 2.00 bits per heavy atom. The highest BCUT2D eigenvalue weighted by Gasteiger charge is 2.30. The zero-order valence-corrected chi connectivity index (χ0v) is 13.7. The van der Waals surface area contributed by atoms with Crippen LogP contribution in [0.4, 0.5) is 5.69 Å². The number of rotatable bonds is 4. The molecule has 1 aliphatic heterocycles. The van der Waals surface area contributed by atoms with Crippen LogP contribution in [0.3, 0.4) is 0 Å². The van der Waals surface area contributed by atoms with Gasteiger partial charge in [-0.25, -0.2) is 4.98 Å². The van der Waals surface area contributed by atoms with Crippen molar-refractivity contribution in [3.63, 3.8) is 0 Å². The Morgan fingerprint density at radius 1 is 1.12 bits per heavy atom. The van der Waals surface area contributed by atoms with Crippen molar-refractivity contribution in [2.75, 3.05) is 11.4 Å². The molecule has 0 bridgehead atoms. The lowest BCUT2D eigenvalue weighted by atomic mass is 10.2. The molecule has 0 atom stereocenters. The van der Waals surface area contributed by atoms with Gasteiger partial charge in [0.15, 0.2) is 5.75 Å². The quantitative estimate of drug-likeness (QED) is 0.783. The smallest absolute Gasteiger partial charge is 0.264 e.